The number of fused-ring (bicyclic) bond motifs is 1. The van der Waals surface area contributed by atoms with E-state index < -0.39 is 6.09 Å². The zero-order valence-electron chi connectivity index (χ0n) is 14.2. The summed E-state index contributed by atoms with van der Waals surface area (Å²) >= 11 is 6.53. The summed E-state index contributed by atoms with van der Waals surface area (Å²) in [4.78, 5) is 17.5. The number of carboxylic acid groups (broad SMARTS) is 1. The van der Waals surface area contributed by atoms with Crippen molar-refractivity contribution < 1.29 is 14.6 Å². The van der Waals surface area contributed by atoms with E-state index in [4.69, 9.17) is 21.4 Å². The van der Waals surface area contributed by atoms with Gasteiger partial charge in [0.25, 0.3) is 0 Å². The summed E-state index contributed by atoms with van der Waals surface area (Å²) in [7, 11) is 0. The van der Waals surface area contributed by atoms with Crippen LogP contribution in [0, 0.1) is 11.8 Å². The minimum Gasteiger partial charge on any atom is -0.465 e. The van der Waals surface area contributed by atoms with Crippen LogP contribution >= 0.6 is 11.6 Å². The number of anilines is 1. The Labute approximate surface area is 152 Å². The maximum atomic E-state index is 11.1. The average Bonchev–Trinajstić information content (AvgIpc) is 3.14. The van der Waals surface area contributed by atoms with Crippen molar-refractivity contribution in [3.63, 3.8) is 0 Å². The van der Waals surface area contributed by atoms with Crippen molar-refractivity contribution in [2.45, 2.75) is 6.54 Å². The van der Waals surface area contributed by atoms with E-state index in [2.05, 4.69) is 15.9 Å². The lowest BCUT2D eigenvalue weighted by molar-refractivity contribution is 0.122. The van der Waals surface area contributed by atoms with E-state index in [1.807, 2.05) is 12.1 Å². The van der Waals surface area contributed by atoms with Gasteiger partial charge in [0.2, 0.25) is 0 Å². The van der Waals surface area contributed by atoms with Gasteiger partial charge in [-0.05, 0) is 23.5 Å². The number of likely N-dealkylation sites (tertiary alicyclic amines) is 2. The second kappa shape index (κ2) is 7.02. The molecular weight excluding hydrogens is 342 g/mol. The molecule has 25 heavy (non-hydrogen) atoms. The van der Waals surface area contributed by atoms with Crippen LogP contribution in [-0.4, -0.2) is 73.5 Å². The molecule has 1 amide bonds. The van der Waals surface area contributed by atoms with Crippen molar-refractivity contribution in [1.29, 1.82) is 0 Å². The van der Waals surface area contributed by atoms with E-state index in [1.54, 1.807) is 4.90 Å². The molecule has 3 heterocycles. The van der Waals surface area contributed by atoms with Gasteiger partial charge in [-0.2, -0.15) is 0 Å². The summed E-state index contributed by atoms with van der Waals surface area (Å²) in [6, 6.07) is 6.14. The first-order valence-corrected chi connectivity index (χ1v) is 9.30. The first-order chi connectivity index (χ1) is 12.1. The fraction of sp³-hybridized carbons (Fsp3) is 0.611. The van der Waals surface area contributed by atoms with Crippen LogP contribution in [0.4, 0.5) is 10.5 Å². The number of amides is 1. The Kier molecular flexibility index (Phi) is 4.75. The second-order valence-electron chi connectivity index (χ2n) is 7.25. The van der Waals surface area contributed by atoms with E-state index in [1.165, 1.54) is 5.56 Å². The SMILES string of the molecule is O=C(O)N1CC2CN(Cc3cccc(Cl)c3N3CCOCC3)CC2C1. The van der Waals surface area contributed by atoms with Gasteiger partial charge in [-0.1, -0.05) is 23.7 Å². The summed E-state index contributed by atoms with van der Waals surface area (Å²) in [6.07, 6.45) is -0.787. The average molecular weight is 366 g/mol. The molecule has 3 saturated heterocycles. The minimum absolute atomic E-state index is 0.460. The number of benzene rings is 1. The minimum atomic E-state index is -0.787. The third kappa shape index (κ3) is 3.43. The standard InChI is InChI=1S/C18H24ClN3O3/c19-16-3-1-2-13(17(16)21-4-6-25-7-5-21)8-20-9-14-11-22(18(23)24)12-15(14)10-20/h1-3,14-15H,4-12H2,(H,23,24). The number of carbonyl (C=O) groups is 1. The normalized spacial score (nSPS) is 26.9. The molecule has 0 aromatic heterocycles. The third-order valence-corrected chi connectivity index (χ3v) is 5.93. The van der Waals surface area contributed by atoms with Gasteiger partial charge in [-0.15, -0.1) is 0 Å². The fourth-order valence-electron chi connectivity index (χ4n) is 4.45. The van der Waals surface area contributed by atoms with Gasteiger partial charge in [0.05, 0.1) is 23.9 Å². The van der Waals surface area contributed by atoms with E-state index in [9.17, 15) is 4.79 Å². The Morgan fingerprint density at radius 1 is 1.16 bits per heavy atom. The van der Waals surface area contributed by atoms with Crippen LogP contribution in [0.2, 0.25) is 5.02 Å². The molecule has 0 saturated carbocycles. The van der Waals surface area contributed by atoms with E-state index in [0.717, 1.165) is 56.6 Å². The molecule has 2 unspecified atom stereocenters. The number of halogens is 1. The van der Waals surface area contributed by atoms with E-state index in [-0.39, 0.29) is 0 Å². The maximum absolute atomic E-state index is 11.1. The summed E-state index contributed by atoms with van der Waals surface area (Å²) in [5, 5.41) is 9.96. The zero-order valence-corrected chi connectivity index (χ0v) is 15.0. The highest BCUT2D eigenvalue weighted by Gasteiger charge is 2.41. The molecule has 0 spiro atoms. The number of morpholine rings is 1. The molecular formula is C18H24ClN3O3. The zero-order chi connectivity index (χ0) is 17.4. The van der Waals surface area contributed by atoms with Crippen molar-refractivity contribution in [3.05, 3.63) is 28.8 Å². The molecule has 1 aromatic rings. The molecule has 6 nitrogen and oxygen atoms in total. The molecule has 4 rings (SSSR count). The van der Waals surface area contributed by atoms with Gasteiger partial charge in [-0.25, -0.2) is 4.79 Å². The van der Waals surface area contributed by atoms with Crippen molar-refractivity contribution in [2.24, 2.45) is 11.8 Å². The van der Waals surface area contributed by atoms with Crippen molar-refractivity contribution >= 4 is 23.4 Å². The Morgan fingerprint density at radius 2 is 1.84 bits per heavy atom. The van der Waals surface area contributed by atoms with Gasteiger partial charge >= 0.3 is 6.09 Å². The number of nitrogens with zero attached hydrogens (tertiary/aromatic N) is 3. The molecule has 1 aromatic carbocycles. The van der Waals surface area contributed by atoms with Crippen LogP contribution in [-0.2, 0) is 11.3 Å². The Hall–Kier alpha value is -1.50. The molecule has 0 bridgehead atoms. The van der Waals surface area contributed by atoms with Gasteiger partial charge < -0.3 is 19.6 Å². The number of ether oxygens (including phenoxy) is 1. The lowest BCUT2D eigenvalue weighted by atomic mass is 10.0. The number of hydrogen-bond acceptors (Lipinski definition) is 4. The van der Waals surface area contributed by atoms with E-state index >= 15 is 0 Å². The first-order valence-electron chi connectivity index (χ1n) is 8.92. The highest BCUT2D eigenvalue weighted by atomic mass is 35.5. The second-order valence-corrected chi connectivity index (χ2v) is 7.66. The monoisotopic (exact) mass is 365 g/mol. The Bertz CT molecular complexity index is 636. The predicted octanol–water partition coefficient (Wildman–Crippen LogP) is 2.22. The van der Waals surface area contributed by atoms with Gasteiger partial charge in [0.15, 0.2) is 0 Å². The van der Waals surface area contributed by atoms with Crippen LogP contribution in [0.5, 0.6) is 0 Å². The van der Waals surface area contributed by atoms with Crippen LogP contribution in [0.25, 0.3) is 0 Å². The summed E-state index contributed by atoms with van der Waals surface area (Å²) in [5.41, 5.74) is 2.39. The lowest BCUT2D eigenvalue weighted by Gasteiger charge is -2.32. The number of rotatable bonds is 3. The summed E-state index contributed by atoms with van der Waals surface area (Å²) in [5.74, 6) is 0.921. The molecule has 3 aliphatic rings. The summed E-state index contributed by atoms with van der Waals surface area (Å²) in [6.45, 7) is 7.35. The Balaban J connectivity index is 1.46. The molecule has 0 radical (unpaired) electrons. The predicted molar refractivity (Wildman–Crippen MR) is 96.3 cm³/mol. The molecule has 0 aliphatic carbocycles. The number of hydrogen-bond donors (Lipinski definition) is 1. The highest BCUT2D eigenvalue weighted by Crippen LogP contribution is 2.35. The fourth-order valence-corrected chi connectivity index (χ4v) is 4.76. The Morgan fingerprint density at radius 3 is 2.48 bits per heavy atom. The van der Waals surface area contributed by atoms with Crippen molar-refractivity contribution in [1.82, 2.24) is 9.80 Å². The van der Waals surface area contributed by atoms with Crippen LogP contribution in [0.15, 0.2) is 18.2 Å². The molecule has 3 fully saturated rings. The van der Waals surface area contributed by atoms with Crippen LogP contribution in [0.1, 0.15) is 5.56 Å². The topological polar surface area (TPSA) is 56.2 Å². The maximum Gasteiger partial charge on any atom is 0.407 e. The lowest BCUT2D eigenvalue weighted by Crippen LogP contribution is -2.37. The third-order valence-electron chi connectivity index (χ3n) is 5.62. The molecule has 1 N–H and O–H groups in total. The van der Waals surface area contributed by atoms with Crippen LogP contribution < -0.4 is 4.90 Å². The number of para-hydroxylation sites is 1. The molecule has 3 aliphatic heterocycles. The van der Waals surface area contributed by atoms with E-state index in [0.29, 0.717) is 24.9 Å². The van der Waals surface area contributed by atoms with Gasteiger partial charge in [0.1, 0.15) is 0 Å². The van der Waals surface area contributed by atoms with Gasteiger partial charge in [0, 0.05) is 45.8 Å². The van der Waals surface area contributed by atoms with Crippen molar-refractivity contribution in [3.8, 4) is 0 Å². The largest absolute Gasteiger partial charge is 0.465 e. The van der Waals surface area contributed by atoms with Crippen molar-refractivity contribution in [2.75, 3.05) is 57.4 Å². The molecule has 136 valence electrons. The van der Waals surface area contributed by atoms with Gasteiger partial charge in [-0.3, -0.25) is 4.90 Å². The smallest absolute Gasteiger partial charge is 0.407 e. The molecule has 2 atom stereocenters. The summed E-state index contributed by atoms with van der Waals surface area (Å²) < 4.78 is 5.47. The molecule has 7 heteroatoms. The highest BCUT2D eigenvalue weighted by molar-refractivity contribution is 6.33. The quantitative estimate of drug-likeness (QED) is 0.890. The first kappa shape index (κ1) is 16.9. The van der Waals surface area contributed by atoms with Crippen LogP contribution in [0.3, 0.4) is 0 Å².